The van der Waals surface area contributed by atoms with E-state index in [1.165, 1.54) is 36.0 Å². The summed E-state index contributed by atoms with van der Waals surface area (Å²) in [5, 5.41) is 9.17. The van der Waals surface area contributed by atoms with Crippen molar-refractivity contribution in [2.45, 2.75) is 45.5 Å². The summed E-state index contributed by atoms with van der Waals surface area (Å²) in [5.41, 5.74) is 4.19. The normalized spacial score (nSPS) is 12.9. The number of alkyl carbamates (subject to hydrolysis) is 1. The molecule has 4 N–H and O–H groups in total. The molecule has 1 unspecified atom stereocenters. The lowest BCUT2D eigenvalue weighted by atomic mass is 10.1. The fraction of sp³-hybridized carbons (Fsp3) is 0.350. The molecule has 0 fully saturated rings. The van der Waals surface area contributed by atoms with Crippen molar-refractivity contribution in [3.8, 4) is 11.3 Å². The van der Waals surface area contributed by atoms with Crippen LogP contribution in [0, 0.1) is 0 Å². The molecular weight excluding hydrogens is 443 g/mol. The van der Waals surface area contributed by atoms with Crippen LogP contribution in [0.15, 0.2) is 30.6 Å². The highest BCUT2D eigenvalue weighted by Crippen LogP contribution is 2.34. The van der Waals surface area contributed by atoms with E-state index >= 15 is 0 Å². The van der Waals surface area contributed by atoms with Gasteiger partial charge in [0, 0.05) is 11.8 Å². The van der Waals surface area contributed by atoms with Gasteiger partial charge in [0.2, 0.25) is 5.91 Å². The number of ether oxygens (including phenoxy) is 1. The second-order valence-corrected chi connectivity index (χ2v) is 8.16. The van der Waals surface area contributed by atoms with Crippen molar-refractivity contribution in [1.82, 2.24) is 24.9 Å². The smallest absolute Gasteiger partial charge is 0.419 e. The van der Waals surface area contributed by atoms with Gasteiger partial charge in [-0.2, -0.15) is 18.3 Å². The first-order valence-electron chi connectivity index (χ1n) is 9.73. The van der Waals surface area contributed by atoms with Crippen molar-refractivity contribution in [2.75, 3.05) is 11.1 Å². The van der Waals surface area contributed by atoms with Crippen molar-refractivity contribution >= 4 is 29.3 Å². The average Bonchev–Trinajstić information content (AvgIpc) is 3.07. The average molecular weight is 465 g/mol. The predicted octanol–water partition coefficient (Wildman–Crippen LogP) is 3.24. The number of rotatable bonds is 4. The number of alkyl halides is 3. The van der Waals surface area contributed by atoms with E-state index in [0.717, 1.165) is 6.07 Å². The highest BCUT2D eigenvalue weighted by atomic mass is 19.4. The number of fused-ring (bicyclic) bond motifs is 1. The molecule has 13 heteroatoms. The summed E-state index contributed by atoms with van der Waals surface area (Å²) in [6.45, 7) is 6.55. The third-order valence-electron chi connectivity index (χ3n) is 4.22. The lowest BCUT2D eigenvalue weighted by Crippen LogP contribution is -2.44. The molecule has 0 aliphatic rings. The number of nitrogen functional groups attached to an aromatic ring is 1. The Labute approximate surface area is 186 Å². The van der Waals surface area contributed by atoms with Gasteiger partial charge in [0.15, 0.2) is 11.5 Å². The number of nitrogens with one attached hydrogen (secondary N) is 2. The highest BCUT2D eigenvalue weighted by Gasteiger charge is 2.34. The number of nitrogens with two attached hydrogens (primary N) is 1. The highest BCUT2D eigenvalue weighted by molar-refractivity contribution is 5.95. The van der Waals surface area contributed by atoms with E-state index in [2.05, 4.69) is 25.7 Å². The van der Waals surface area contributed by atoms with E-state index in [0.29, 0.717) is 5.65 Å². The van der Waals surface area contributed by atoms with Crippen molar-refractivity contribution in [3.63, 3.8) is 0 Å². The van der Waals surface area contributed by atoms with Crippen molar-refractivity contribution in [2.24, 2.45) is 0 Å². The number of hydrogen-bond acceptors (Lipinski definition) is 7. The number of aromatic nitrogens is 4. The molecule has 0 spiro atoms. The molecule has 2 amide bonds. The molecule has 10 nitrogen and oxygen atoms in total. The molecule has 3 heterocycles. The molecule has 3 aromatic rings. The summed E-state index contributed by atoms with van der Waals surface area (Å²) in [6.07, 6.45) is -2.84. The SMILES string of the molecule is CC(NC(=O)OC(C)(C)C)C(=O)Nc1cn2nc(-c3cnc(N)c(C(F)(F)F)c3)ccc2n1. The Bertz CT molecular complexity index is 1200. The first-order chi connectivity index (χ1) is 15.2. The Hall–Kier alpha value is -3.90. The van der Waals surface area contributed by atoms with Crippen molar-refractivity contribution in [3.05, 3.63) is 36.2 Å². The lowest BCUT2D eigenvalue weighted by Gasteiger charge is -2.21. The number of pyridine rings is 1. The number of hydrogen-bond donors (Lipinski definition) is 3. The molecule has 3 aromatic heterocycles. The molecule has 33 heavy (non-hydrogen) atoms. The number of halogens is 3. The molecule has 0 aliphatic carbocycles. The zero-order valence-electron chi connectivity index (χ0n) is 18.2. The topological polar surface area (TPSA) is 137 Å². The third-order valence-corrected chi connectivity index (χ3v) is 4.22. The van der Waals surface area contributed by atoms with Crippen LogP contribution >= 0.6 is 0 Å². The number of imidazole rings is 1. The molecule has 0 aromatic carbocycles. The van der Waals surface area contributed by atoms with Gasteiger partial charge >= 0.3 is 12.3 Å². The van der Waals surface area contributed by atoms with Gasteiger partial charge in [0.1, 0.15) is 17.5 Å². The van der Waals surface area contributed by atoms with E-state index in [4.69, 9.17) is 10.5 Å². The summed E-state index contributed by atoms with van der Waals surface area (Å²) in [7, 11) is 0. The van der Waals surface area contributed by atoms with Crippen molar-refractivity contribution in [1.29, 1.82) is 0 Å². The minimum Gasteiger partial charge on any atom is -0.444 e. The molecule has 176 valence electrons. The van der Waals surface area contributed by atoms with Crippen LogP contribution in [-0.2, 0) is 15.7 Å². The fourth-order valence-corrected chi connectivity index (χ4v) is 2.72. The Morgan fingerprint density at radius 1 is 1.21 bits per heavy atom. The summed E-state index contributed by atoms with van der Waals surface area (Å²) >= 11 is 0. The second-order valence-electron chi connectivity index (χ2n) is 8.16. The predicted molar refractivity (Wildman–Crippen MR) is 113 cm³/mol. The summed E-state index contributed by atoms with van der Waals surface area (Å²) in [4.78, 5) is 32.0. The number of nitrogens with zero attached hydrogens (tertiary/aromatic N) is 4. The molecule has 0 saturated heterocycles. The maximum absolute atomic E-state index is 13.1. The maximum atomic E-state index is 13.1. The maximum Gasteiger partial charge on any atom is 0.419 e. The minimum absolute atomic E-state index is 0.105. The molecular formula is C20H22F3N7O3. The van der Waals surface area contributed by atoms with Crippen LogP contribution < -0.4 is 16.4 Å². The van der Waals surface area contributed by atoms with E-state index < -0.39 is 41.2 Å². The Kier molecular flexibility index (Phi) is 6.16. The van der Waals surface area contributed by atoms with Crippen LogP contribution in [0.3, 0.4) is 0 Å². The zero-order chi connectivity index (χ0) is 24.6. The van der Waals surface area contributed by atoms with E-state index in [-0.39, 0.29) is 17.1 Å². The van der Waals surface area contributed by atoms with Gasteiger partial charge in [-0.3, -0.25) is 4.79 Å². The molecule has 0 saturated carbocycles. The third kappa shape index (κ3) is 5.87. The standard InChI is InChI=1S/C20H22F3N7O3/c1-10(26-18(32)33-19(2,3)4)17(31)28-14-9-30-15(27-14)6-5-13(29-30)11-7-12(20(21,22)23)16(24)25-8-11/h5-10H,1-4H3,(H2,24,25)(H,26,32)(H,28,31). The minimum atomic E-state index is -4.66. The first kappa shape index (κ1) is 23.8. The molecule has 0 aliphatic heterocycles. The number of carbonyl (C=O) groups excluding carboxylic acids is 2. The molecule has 1 atom stereocenters. The van der Waals surface area contributed by atoms with Crippen LogP contribution in [0.25, 0.3) is 16.9 Å². The van der Waals surface area contributed by atoms with Gasteiger partial charge in [0.25, 0.3) is 0 Å². The van der Waals surface area contributed by atoms with E-state index in [1.807, 2.05) is 0 Å². The Balaban J connectivity index is 1.77. The first-order valence-corrected chi connectivity index (χ1v) is 9.73. The Morgan fingerprint density at radius 3 is 2.55 bits per heavy atom. The summed E-state index contributed by atoms with van der Waals surface area (Å²) < 4.78 is 45.8. The van der Waals surface area contributed by atoms with Crippen LogP contribution in [-0.4, -0.2) is 43.2 Å². The largest absolute Gasteiger partial charge is 0.444 e. The number of carbonyl (C=O) groups is 2. The molecule has 0 bridgehead atoms. The summed E-state index contributed by atoms with van der Waals surface area (Å²) in [6, 6.07) is 2.92. The van der Waals surface area contributed by atoms with Crippen LogP contribution in [0.1, 0.15) is 33.3 Å². The van der Waals surface area contributed by atoms with Gasteiger partial charge in [-0.05, 0) is 45.9 Å². The zero-order valence-corrected chi connectivity index (χ0v) is 18.2. The van der Waals surface area contributed by atoms with Crippen LogP contribution in [0.5, 0.6) is 0 Å². The lowest BCUT2D eigenvalue weighted by molar-refractivity contribution is -0.137. The summed E-state index contributed by atoms with van der Waals surface area (Å²) in [5.74, 6) is -1.05. The fourth-order valence-electron chi connectivity index (χ4n) is 2.72. The van der Waals surface area contributed by atoms with Gasteiger partial charge in [-0.1, -0.05) is 0 Å². The molecule has 3 rings (SSSR count). The van der Waals surface area contributed by atoms with Gasteiger partial charge < -0.3 is 21.1 Å². The van der Waals surface area contributed by atoms with E-state index in [9.17, 15) is 22.8 Å². The van der Waals surface area contributed by atoms with Crippen molar-refractivity contribution < 1.29 is 27.5 Å². The van der Waals surface area contributed by atoms with Gasteiger partial charge in [-0.25, -0.2) is 19.3 Å². The van der Waals surface area contributed by atoms with E-state index in [1.54, 1.807) is 20.8 Å². The number of amides is 2. The number of anilines is 2. The van der Waals surface area contributed by atoms with Gasteiger partial charge in [0.05, 0.1) is 17.5 Å². The van der Waals surface area contributed by atoms with Gasteiger partial charge in [-0.15, -0.1) is 0 Å². The molecule has 0 radical (unpaired) electrons. The monoisotopic (exact) mass is 465 g/mol. The second kappa shape index (κ2) is 8.56. The van der Waals surface area contributed by atoms with Crippen LogP contribution in [0.4, 0.5) is 29.6 Å². The van der Waals surface area contributed by atoms with Crippen LogP contribution in [0.2, 0.25) is 0 Å². The quantitative estimate of drug-likeness (QED) is 0.538. The Morgan fingerprint density at radius 2 is 1.91 bits per heavy atom.